The number of aliphatic hydroxyl groups is 1. The molecule has 1 aromatic heterocycles. The van der Waals surface area contributed by atoms with Crippen LogP contribution in [0, 0.1) is 0 Å². The molecule has 3 aromatic carbocycles. The number of rotatable bonds is 13. The fraction of sp³-hybridized carbons (Fsp3) is 0.300. The van der Waals surface area contributed by atoms with Crippen molar-refractivity contribution in [1.82, 2.24) is 14.7 Å². The number of hydrogen-bond donors (Lipinski definition) is 1. The average molecular weight is 502 g/mol. The van der Waals surface area contributed by atoms with Crippen LogP contribution in [-0.2, 0) is 24.8 Å². The van der Waals surface area contributed by atoms with Gasteiger partial charge in [-0.25, -0.2) is 4.68 Å². The first kappa shape index (κ1) is 26.4. The van der Waals surface area contributed by atoms with Gasteiger partial charge in [-0.1, -0.05) is 60.7 Å². The standard InChI is InChI=1S/C30H35N3O4/c1-32-30(37-27-16-14-26(36-3)15-17-27)28(29(31-32)24-12-8-5-9-13-24)22-33(18-19-35-2)21-25(34)20-23-10-6-4-7-11-23/h4-17,25,34H,18-22H2,1-3H3/t25-/m0/s1. The van der Waals surface area contributed by atoms with Crippen molar-refractivity contribution in [1.29, 1.82) is 0 Å². The predicted molar refractivity (Wildman–Crippen MR) is 145 cm³/mol. The van der Waals surface area contributed by atoms with Crippen molar-refractivity contribution in [2.45, 2.75) is 19.1 Å². The Balaban J connectivity index is 1.63. The molecule has 0 aliphatic rings. The van der Waals surface area contributed by atoms with E-state index in [1.54, 1.807) is 18.9 Å². The van der Waals surface area contributed by atoms with E-state index >= 15 is 0 Å². The number of aryl methyl sites for hydroxylation is 1. The third kappa shape index (κ3) is 7.20. The van der Waals surface area contributed by atoms with Crippen LogP contribution in [0.5, 0.6) is 17.4 Å². The van der Waals surface area contributed by atoms with Gasteiger partial charge in [0.2, 0.25) is 5.88 Å². The van der Waals surface area contributed by atoms with Gasteiger partial charge in [0.05, 0.1) is 25.4 Å². The van der Waals surface area contributed by atoms with E-state index in [9.17, 15) is 5.11 Å². The summed E-state index contributed by atoms with van der Waals surface area (Å²) < 4.78 is 18.8. The molecule has 0 fully saturated rings. The number of benzene rings is 3. The van der Waals surface area contributed by atoms with Gasteiger partial charge in [-0.05, 0) is 36.2 Å². The molecular formula is C30H35N3O4. The highest BCUT2D eigenvalue weighted by molar-refractivity contribution is 5.65. The molecule has 0 bridgehead atoms. The lowest BCUT2D eigenvalue weighted by atomic mass is 10.1. The van der Waals surface area contributed by atoms with Gasteiger partial charge >= 0.3 is 0 Å². The molecular weight excluding hydrogens is 466 g/mol. The van der Waals surface area contributed by atoms with Gasteiger partial charge in [0.1, 0.15) is 17.2 Å². The molecule has 0 radical (unpaired) electrons. The van der Waals surface area contributed by atoms with Gasteiger partial charge in [-0.2, -0.15) is 5.10 Å². The normalized spacial score (nSPS) is 12.0. The SMILES string of the molecule is COCCN(Cc1c(-c2ccccc2)nn(C)c1Oc1ccc(OC)cc1)C[C@@H](O)Cc1ccccc1. The summed E-state index contributed by atoms with van der Waals surface area (Å²) in [6.45, 7) is 2.24. The van der Waals surface area contributed by atoms with Gasteiger partial charge in [0, 0.05) is 39.4 Å². The summed E-state index contributed by atoms with van der Waals surface area (Å²) in [4.78, 5) is 2.20. The molecule has 7 heteroatoms. The van der Waals surface area contributed by atoms with E-state index in [1.165, 1.54) is 0 Å². The van der Waals surface area contributed by atoms with Crippen molar-refractivity contribution in [3.05, 3.63) is 96.1 Å². The molecule has 1 N–H and O–H groups in total. The number of ether oxygens (including phenoxy) is 3. The average Bonchev–Trinajstić information content (AvgIpc) is 3.23. The van der Waals surface area contributed by atoms with Crippen LogP contribution in [0.2, 0.25) is 0 Å². The second-order valence-corrected chi connectivity index (χ2v) is 8.97. The van der Waals surface area contributed by atoms with Crippen molar-refractivity contribution in [3.8, 4) is 28.6 Å². The summed E-state index contributed by atoms with van der Waals surface area (Å²) in [6, 6.07) is 27.6. The first-order chi connectivity index (χ1) is 18.1. The predicted octanol–water partition coefficient (Wildman–Crippen LogP) is 4.94. The van der Waals surface area contributed by atoms with Crippen molar-refractivity contribution in [2.75, 3.05) is 33.9 Å². The molecule has 0 aliphatic carbocycles. The van der Waals surface area contributed by atoms with E-state index in [0.29, 0.717) is 44.3 Å². The van der Waals surface area contributed by atoms with E-state index in [2.05, 4.69) is 4.90 Å². The van der Waals surface area contributed by atoms with Gasteiger partial charge in [0.15, 0.2) is 0 Å². The summed E-state index contributed by atoms with van der Waals surface area (Å²) in [5.74, 6) is 2.11. The first-order valence-corrected chi connectivity index (χ1v) is 12.4. The molecule has 0 spiro atoms. The van der Waals surface area contributed by atoms with Gasteiger partial charge < -0.3 is 19.3 Å². The van der Waals surface area contributed by atoms with Gasteiger partial charge in [0.25, 0.3) is 0 Å². The Kier molecular flexibility index (Phi) is 9.32. The summed E-state index contributed by atoms with van der Waals surface area (Å²) in [6.07, 6.45) is 0.0556. The molecule has 1 atom stereocenters. The Bertz CT molecular complexity index is 1230. The summed E-state index contributed by atoms with van der Waals surface area (Å²) in [5.41, 5.74) is 3.92. The van der Waals surface area contributed by atoms with E-state index in [-0.39, 0.29) is 0 Å². The number of aliphatic hydroxyl groups excluding tert-OH is 1. The van der Waals surface area contributed by atoms with Crippen LogP contribution in [0.4, 0.5) is 0 Å². The molecule has 0 saturated carbocycles. The summed E-state index contributed by atoms with van der Waals surface area (Å²) >= 11 is 0. The quantitative estimate of drug-likeness (QED) is 0.280. The Hall–Kier alpha value is -3.65. The maximum atomic E-state index is 10.9. The fourth-order valence-corrected chi connectivity index (χ4v) is 4.33. The molecule has 0 aliphatic heterocycles. The molecule has 0 amide bonds. The smallest absolute Gasteiger partial charge is 0.222 e. The second kappa shape index (κ2) is 13.1. The Morgan fingerprint density at radius 3 is 2.19 bits per heavy atom. The van der Waals surface area contributed by atoms with E-state index in [1.807, 2.05) is 92.0 Å². The minimum absolute atomic E-state index is 0.489. The maximum absolute atomic E-state index is 10.9. The number of nitrogens with zero attached hydrogens (tertiary/aromatic N) is 3. The number of hydrogen-bond acceptors (Lipinski definition) is 6. The van der Waals surface area contributed by atoms with Crippen molar-refractivity contribution >= 4 is 0 Å². The number of aromatic nitrogens is 2. The Morgan fingerprint density at radius 1 is 0.892 bits per heavy atom. The zero-order valence-electron chi connectivity index (χ0n) is 21.7. The minimum Gasteiger partial charge on any atom is -0.497 e. The lowest BCUT2D eigenvalue weighted by Gasteiger charge is -2.25. The number of methoxy groups -OCH3 is 2. The van der Waals surface area contributed by atoms with Crippen LogP contribution in [-0.4, -0.2) is 59.8 Å². The molecule has 4 aromatic rings. The highest BCUT2D eigenvalue weighted by Gasteiger charge is 2.23. The molecule has 194 valence electrons. The monoisotopic (exact) mass is 501 g/mol. The van der Waals surface area contributed by atoms with Gasteiger partial charge in [-0.3, -0.25) is 4.90 Å². The largest absolute Gasteiger partial charge is 0.497 e. The van der Waals surface area contributed by atoms with E-state index in [0.717, 1.165) is 28.1 Å². The van der Waals surface area contributed by atoms with Crippen molar-refractivity contribution < 1.29 is 19.3 Å². The van der Waals surface area contributed by atoms with Crippen LogP contribution in [0.25, 0.3) is 11.3 Å². The van der Waals surface area contributed by atoms with Crippen LogP contribution in [0.15, 0.2) is 84.9 Å². The first-order valence-electron chi connectivity index (χ1n) is 12.4. The minimum atomic E-state index is -0.526. The lowest BCUT2D eigenvalue weighted by Crippen LogP contribution is -2.35. The molecule has 0 unspecified atom stereocenters. The molecule has 37 heavy (non-hydrogen) atoms. The molecule has 7 nitrogen and oxygen atoms in total. The molecule has 4 rings (SSSR count). The highest BCUT2D eigenvalue weighted by atomic mass is 16.5. The topological polar surface area (TPSA) is 69.0 Å². The zero-order chi connectivity index (χ0) is 26.0. The van der Waals surface area contributed by atoms with E-state index < -0.39 is 6.10 Å². The summed E-state index contributed by atoms with van der Waals surface area (Å²) in [5, 5.41) is 15.8. The summed E-state index contributed by atoms with van der Waals surface area (Å²) in [7, 11) is 5.22. The van der Waals surface area contributed by atoms with Crippen LogP contribution < -0.4 is 9.47 Å². The van der Waals surface area contributed by atoms with Crippen molar-refractivity contribution in [2.24, 2.45) is 7.05 Å². The van der Waals surface area contributed by atoms with Gasteiger partial charge in [-0.15, -0.1) is 0 Å². The lowest BCUT2D eigenvalue weighted by molar-refractivity contribution is 0.0848. The van der Waals surface area contributed by atoms with Crippen LogP contribution >= 0.6 is 0 Å². The van der Waals surface area contributed by atoms with Crippen molar-refractivity contribution in [3.63, 3.8) is 0 Å². The third-order valence-electron chi connectivity index (χ3n) is 6.19. The second-order valence-electron chi connectivity index (χ2n) is 8.97. The maximum Gasteiger partial charge on any atom is 0.222 e. The van der Waals surface area contributed by atoms with E-state index in [4.69, 9.17) is 19.3 Å². The third-order valence-corrected chi connectivity index (χ3v) is 6.19. The highest BCUT2D eigenvalue weighted by Crippen LogP contribution is 2.34. The molecule has 1 heterocycles. The Labute approximate surface area is 218 Å². The van der Waals surface area contributed by atoms with Crippen LogP contribution in [0.3, 0.4) is 0 Å². The molecule has 0 saturated heterocycles. The fourth-order valence-electron chi connectivity index (χ4n) is 4.33. The Morgan fingerprint density at radius 2 is 1.54 bits per heavy atom. The zero-order valence-corrected chi connectivity index (χ0v) is 21.7. The van der Waals surface area contributed by atoms with Crippen LogP contribution in [0.1, 0.15) is 11.1 Å².